The molecular weight excluding hydrogens is 244 g/mol. The zero-order valence-corrected chi connectivity index (χ0v) is 11.4. The maximum atomic E-state index is 5.70. The van der Waals surface area contributed by atoms with Gasteiger partial charge in [-0.1, -0.05) is 12.1 Å². The molecule has 0 bridgehead atoms. The number of thiazole rings is 1. The predicted octanol–water partition coefficient (Wildman–Crippen LogP) is 2.57. The second-order valence-electron chi connectivity index (χ2n) is 4.19. The molecule has 2 N–H and O–H groups in total. The Labute approximate surface area is 112 Å². The third kappa shape index (κ3) is 3.82. The van der Waals surface area contributed by atoms with Gasteiger partial charge >= 0.3 is 0 Å². The topological polar surface area (TPSA) is 48.1 Å². The molecular formula is C14H18N2OS. The first-order valence-corrected chi connectivity index (χ1v) is 6.98. The SMILES string of the molecule is Cc1cccc(OCCc2nc(CCN)cs2)c1. The third-order valence-electron chi connectivity index (χ3n) is 2.57. The van der Waals surface area contributed by atoms with Gasteiger partial charge in [-0.25, -0.2) is 4.98 Å². The van der Waals surface area contributed by atoms with Gasteiger partial charge in [0, 0.05) is 18.2 Å². The Bertz CT molecular complexity index is 496. The van der Waals surface area contributed by atoms with E-state index in [4.69, 9.17) is 10.5 Å². The zero-order valence-electron chi connectivity index (χ0n) is 10.6. The summed E-state index contributed by atoms with van der Waals surface area (Å²) in [5.41, 5.74) is 7.81. The normalized spacial score (nSPS) is 10.6. The highest BCUT2D eigenvalue weighted by Crippen LogP contribution is 2.14. The molecule has 0 aliphatic rings. The Morgan fingerprint density at radius 2 is 2.22 bits per heavy atom. The van der Waals surface area contributed by atoms with E-state index in [-0.39, 0.29) is 0 Å². The van der Waals surface area contributed by atoms with Crippen LogP contribution in [-0.2, 0) is 12.8 Å². The minimum Gasteiger partial charge on any atom is -0.493 e. The monoisotopic (exact) mass is 262 g/mol. The van der Waals surface area contributed by atoms with Crippen molar-refractivity contribution in [2.75, 3.05) is 13.2 Å². The largest absolute Gasteiger partial charge is 0.493 e. The second-order valence-corrected chi connectivity index (χ2v) is 5.13. The Balaban J connectivity index is 1.81. The van der Waals surface area contributed by atoms with Crippen molar-refractivity contribution in [3.63, 3.8) is 0 Å². The number of hydrogen-bond donors (Lipinski definition) is 1. The number of aromatic nitrogens is 1. The van der Waals surface area contributed by atoms with Crippen LogP contribution in [0.25, 0.3) is 0 Å². The summed E-state index contributed by atoms with van der Waals surface area (Å²) in [4.78, 5) is 4.51. The van der Waals surface area contributed by atoms with Crippen LogP contribution in [0.1, 0.15) is 16.3 Å². The van der Waals surface area contributed by atoms with Crippen molar-refractivity contribution in [1.29, 1.82) is 0 Å². The van der Waals surface area contributed by atoms with Gasteiger partial charge in [0.2, 0.25) is 0 Å². The van der Waals surface area contributed by atoms with Gasteiger partial charge in [-0.3, -0.25) is 0 Å². The molecule has 1 aromatic heterocycles. The Hall–Kier alpha value is -1.39. The summed E-state index contributed by atoms with van der Waals surface area (Å²) in [5.74, 6) is 0.925. The van der Waals surface area contributed by atoms with Gasteiger partial charge in [0.1, 0.15) is 5.75 Å². The van der Waals surface area contributed by atoms with E-state index >= 15 is 0 Å². The highest BCUT2D eigenvalue weighted by molar-refractivity contribution is 7.09. The van der Waals surface area contributed by atoms with Gasteiger partial charge < -0.3 is 10.5 Å². The van der Waals surface area contributed by atoms with Gasteiger partial charge in [0.05, 0.1) is 17.3 Å². The average molecular weight is 262 g/mol. The number of aryl methyl sites for hydroxylation is 1. The molecule has 2 rings (SSSR count). The molecule has 0 fully saturated rings. The maximum absolute atomic E-state index is 5.70. The summed E-state index contributed by atoms with van der Waals surface area (Å²) in [6.45, 7) is 3.38. The minimum absolute atomic E-state index is 0.656. The van der Waals surface area contributed by atoms with Crippen LogP contribution in [0.4, 0.5) is 0 Å². The molecule has 2 aromatic rings. The lowest BCUT2D eigenvalue weighted by molar-refractivity contribution is 0.321. The number of rotatable bonds is 6. The van der Waals surface area contributed by atoms with E-state index in [1.54, 1.807) is 11.3 Å². The van der Waals surface area contributed by atoms with Gasteiger partial charge in [-0.15, -0.1) is 11.3 Å². The Kier molecular flexibility index (Phi) is 4.73. The minimum atomic E-state index is 0.656. The molecule has 0 saturated carbocycles. The number of nitrogens with two attached hydrogens (primary N) is 1. The molecule has 0 atom stereocenters. The molecule has 1 aromatic carbocycles. The summed E-state index contributed by atoms with van der Waals surface area (Å²) in [6, 6.07) is 8.09. The maximum Gasteiger partial charge on any atom is 0.119 e. The van der Waals surface area contributed by atoms with Crippen LogP contribution in [0.5, 0.6) is 5.75 Å². The van der Waals surface area contributed by atoms with Crippen molar-refractivity contribution in [3.8, 4) is 5.75 Å². The number of benzene rings is 1. The van der Waals surface area contributed by atoms with Crippen molar-refractivity contribution in [1.82, 2.24) is 4.98 Å². The van der Waals surface area contributed by atoms with Crippen LogP contribution in [0.3, 0.4) is 0 Å². The van der Waals surface area contributed by atoms with E-state index in [0.717, 1.165) is 29.3 Å². The molecule has 1 heterocycles. The molecule has 18 heavy (non-hydrogen) atoms. The highest BCUT2D eigenvalue weighted by Gasteiger charge is 2.02. The lowest BCUT2D eigenvalue weighted by Gasteiger charge is -2.05. The lowest BCUT2D eigenvalue weighted by Crippen LogP contribution is -2.04. The fourth-order valence-corrected chi connectivity index (χ4v) is 2.50. The molecule has 0 amide bonds. The van der Waals surface area contributed by atoms with E-state index in [9.17, 15) is 0 Å². The van der Waals surface area contributed by atoms with Crippen LogP contribution >= 0.6 is 11.3 Å². The fourth-order valence-electron chi connectivity index (χ4n) is 1.69. The lowest BCUT2D eigenvalue weighted by atomic mass is 10.2. The van der Waals surface area contributed by atoms with Gasteiger partial charge in [-0.05, 0) is 31.2 Å². The van der Waals surface area contributed by atoms with Crippen LogP contribution in [0.15, 0.2) is 29.6 Å². The average Bonchev–Trinajstić information content (AvgIpc) is 2.78. The predicted molar refractivity (Wildman–Crippen MR) is 75.3 cm³/mol. The molecule has 0 saturated heterocycles. The van der Waals surface area contributed by atoms with Gasteiger partial charge in [0.25, 0.3) is 0 Å². The molecule has 0 radical (unpaired) electrons. The zero-order chi connectivity index (χ0) is 12.8. The van der Waals surface area contributed by atoms with E-state index in [1.165, 1.54) is 5.56 Å². The molecule has 0 aliphatic carbocycles. The highest BCUT2D eigenvalue weighted by atomic mass is 32.1. The van der Waals surface area contributed by atoms with E-state index in [2.05, 4.69) is 23.4 Å². The Morgan fingerprint density at radius 3 is 3.00 bits per heavy atom. The molecule has 0 spiro atoms. The van der Waals surface area contributed by atoms with Crippen molar-refractivity contribution < 1.29 is 4.74 Å². The van der Waals surface area contributed by atoms with Crippen LogP contribution in [-0.4, -0.2) is 18.1 Å². The number of ether oxygens (including phenoxy) is 1. The molecule has 96 valence electrons. The summed E-state index contributed by atoms with van der Waals surface area (Å²) >= 11 is 1.68. The van der Waals surface area contributed by atoms with Crippen molar-refractivity contribution in [2.24, 2.45) is 5.73 Å². The van der Waals surface area contributed by atoms with Crippen molar-refractivity contribution in [2.45, 2.75) is 19.8 Å². The van der Waals surface area contributed by atoms with Crippen LogP contribution in [0.2, 0.25) is 0 Å². The van der Waals surface area contributed by atoms with Gasteiger partial charge in [-0.2, -0.15) is 0 Å². The van der Waals surface area contributed by atoms with Gasteiger partial charge in [0.15, 0.2) is 0 Å². The molecule has 0 unspecified atom stereocenters. The fraction of sp³-hybridized carbons (Fsp3) is 0.357. The third-order valence-corrected chi connectivity index (χ3v) is 3.53. The second kappa shape index (κ2) is 6.52. The van der Waals surface area contributed by atoms with Crippen LogP contribution < -0.4 is 10.5 Å². The smallest absolute Gasteiger partial charge is 0.119 e. The van der Waals surface area contributed by atoms with Crippen LogP contribution in [0, 0.1) is 6.92 Å². The van der Waals surface area contributed by atoms with E-state index in [1.807, 2.05) is 18.2 Å². The van der Waals surface area contributed by atoms with E-state index < -0.39 is 0 Å². The summed E-state index contributed by atoms with van der Waals surface area (Å²) < 4.78 is 5.70. The van der Waals surface area contributed by atoms with Crippen molar-refractivity contribution >= 4 is 11.3 Å². The summed E-state index contributed by atoms with van der Waals surface area (Å²) in [7, 11) is 0. The van der Waals surface area contributed by atoms with Crippen molar-refractivity contribution in [3.05, 3.63) is 45.9 Å². The summed E-state index contributed by atoms with van der Waals surface area (Å²) in [5, 5.41) is 3.19. The molecule has 4 heteroatoms. The first-order chi connectivity index (χ1) is 8.78. The quantitative estimate of drug-likeness (QED) is 0.870. The first kappa shape index (κ1) is 13.1. The van der Waals surface area contributed by atoms with E-state index in [0.29, 0.717) is 13.2 Å². The first-order valence-electron chi connectivity index (χ1n) is 6.11. The molecule has 3 nitrogen and oxygen atoms in total. The molecule has 0 aliphatic heterocycles. The Morgan fingerprint density at radius 1 is 1.33 bits per heavy atom. The summed E-state index contributed by atoms with van der Waals surface area (Å²) in [6.07, 6.45) is 1.71. The number of nitrogens with zero attached hydrogens (tertiary/aromatic N) is 1. The standard InChI is InChI=1S/C14H18N2OS/c1-11-3-2-4-13(9-11)17-8-6-14-16-12(5-7-15)10-18-14/h2-4,9-10H,5-8,15H2,1H3. The number of hydrogen-bond acceptors (Lipinski definition) is 4.